The highest BCUT2D eigenvalue weighted by atomic mass is 32.1. The number of carbonyl (C=O) groups is 1. The van der Waals surface area contributed by atoms with Crippen LogP contribution in [0, 0.1) is 10.1 Å². The van der Waals surface area contributed by atoms with Gasteiger partial charge in [0.15, 0.2) is 0 Å². The number of benzene rings is 2. The number of aromatic nitrogens is 1. The van der Waals surface area contributed by atoms with Gasteiger partial charge in [-0.25, -0.2) is 0 Å². The average molecular weight is 519 g/mol. The second kappa shape index (κ2) is 12.5. The molecule has 4 N–H and O–H groups in total. The predicted molar refractivity (Wildman–Crippen MR) is 146 cm³/mol. The molecule has 2 heterocycles. The quantitative estimate of drug-likeness (QED) is 0.119. The largest absolute Gasteiger partial charge is 0.381 e. The van der Waals surface area contributed by atoms with Crippen LogP contribution >= 0.6 is 11.3 Å². The zero-order chi connectivity index (χ0) is 26.0. The summed E-state index contributed by atoms with van der Waals surface area (Å²) in [4.78, 5) is 28.7. The molecule has 1 amide bonds. The predicted octanol–water partition coefficient (Wildman–Crippen LogP) is 4.88. The van der Waals surface area contributed by atoms with Crippen molar-refractivity contribution in [1.82, 2.24) is 10.3 Å². The molecule has 0 spiro atoms. The number of rotatable bonds is 12. The molecule has 0 radical (unpaired) electrons. The van der Waals surface area contributed by atoms with Crippen molar-refractivity contribution in [3.05, 3.63) is 105 Å². The van der Waals surface area contributed by atoms with Crippen LogP contribution in [-0.2, 0) is 11.3 Å². The van der Waals surface area contributed by atoms with Crippen LogP contribution in [0.15, 0.2) is 84.3 Å². The van der Waals surface area contributed by atoms with Gasteiger partial charge in [0, 0.05) is 36.6 Å². The smallest absolute Gasteiger partial charge is 0.332 e. The molecule has 0 saturated heterocycles. The van der Waals surface area contributed by atoms with Gasteiger partial charge in [0.05, 0.1) is 24.0 Å². The van der Waals surface area contributed by atoms with E-state index in [0.717, 1.165) is 22.2 Å². The maximum Gasteiger partial charge on any atom is 0.332 e. The number of ether oxygens (including phenoxy) is 1. The Labute approximate surface area is 217 Å². The summed E-state index contributed by atoms with van der Waals surface area (Å²) in [5.41, 5.74) is 3.88. The zero-order valence-corrected chi connectivity index (χ0v) is 20.9. The van der Waals surface area contributed by atoms with E-state index in [1.54, 1.807) is 30.5 Å². The molecule has 0 saturated carbocycles. The summed E-state index contributed by atoms with van der Waals surface area (Å²) in [7, 11) is 1.52. The van der Waals surface area contributed by atoms with Crippen molar-refractivity contribution in [3.8, 4) is 0 Å². The third-order valence-corrected chi connectivity index (χ3v) is 6.30. The minimum atomic E-state index is -0.519. The van der Waals surface area contributed by atoms with Crippen molar-refractivity contribution in [2.45, 2.75) is 6.54 Å². The summed E-state index contributed by atoms with van der Waals surface area (Å²) in [6.07, 6.45) is 3.04. The zero-order valence-electron chi connectivity index (χ0n) is 20.1. The molecule has 0 unspecified atom stereocenters. The molecule has 4 aromatic rings. The fourth-order valence-corrected chi connectivity index (χ4v) is 4.37. The average Bonchev–Trinajstić information content (AvgIpc) is 3.38. The molecule has 2 aromatic carbocycles. The Morgan fingerprint density at radius 3 is 2.81 bits per heavy atom. The van der Waals surface area contributed by atoms with Crippen LogP contribution in [0.5, 0.6) is 0 Å². The Morgan fingerprint density at radius 2 is 1.97 bits per heavy atom. The third kappa shape index (κ3) is 6.81. The summed E-state index contributed by atoms with van der Waals surface area (Å²) in [6.45, 7) is 1.18. The molecule has 190 valence electrons. The summed E-state index contributed by atoms with van der Waals surface area (Å²) < 4.78 is 4.90. The number of pyridine rings is 1. The lowest BCUT2D eigenvalue weighted by molar-refractivity contribution is -0.431. The van der Waals surface area contributed by atoms with E-state index in [0.29, 0.717) is 35.9 Å². The van der Waals surface area contributed by atoms with Crippen LogP contribution in [-0.4, -0.2) is 36.1 Å². The lowest BCUT2D eigenvalue weighted by Crippen LogP contribution is -2.24. The highest BCUT2D eigenvalue weighted by molar-refractivity contribution is 7.12. The number of hydrogen-bond acceptors (Lipinski definition) is 9. The second-order valence-corrected chi connectivity index (χ2v) is 8.81. The third-order valence-electron chi connectivity index (χ3n) is 5.39. The first-order valence-electron chi connectivity index (χ1n) is 11.4. The monoisotopic (exact) mass is 518 g/mol. The maximum absolute atomic E-state index is 13.0. The van der Waals surface area contributed by atoms with Crippen molar-refractivity contribution < 1.29 is 14.5 Å². The van der Waals surface area contributed by atoms with Gasteiger partial charge in [-0.05, 0) is 52.3 Å². The molecule has 4 rings (SSSR count). The molecule has 37 heavy (non-hydrogen) atoms. The lowest BCUT2D eigenvalue weighted by Gasteiger charge is -2.11. The number of hydrogen-bond donors (Lipinski definition) is 4. The highest BCUT2D eigenvalue weighted by Gasteiger charge is 2.14. The van der Waals surface area contributed by atoms with Gasteiger partial charge in [0.25, 0.3) is 5.91 Å². The van der Waals surface area contributed by atoms with Gasteiger partial charge in [-0.15, -0.1) is 11.3 Å². The Hall–Kier alpha value is -4.48. The molecule has 11 heteroatoms. The molecule has 0 atom stereocenters. The standard InChI is InChI=1S/C26H26N6O4S/c1-36-13-12-28-24(32(34)35)17-29-19-5-4-6-20(15-19)31-26(33)25-23(10-14-37-25)30-16-18-9-11-27-22-8-3-2-7-21(18)22/h2-11,14-15,17,28-30H,12-13,16H2,1H3,(H,31,33). The maximum atomic E-state index is 13.0. The number of carbonyl (C=O) groups excluding carboxylic acids is 1. The van der Waals surface area contributed by atoms with Gasteiger partial charge < -0.3 is 30.8 Å². The van der Waals surface area contributed by atoms with E-state index in [-0.39, 0.29) is 11.7 Å². The normalized spacial score (nSPS) is 11.2. The van der Waals surface area contributed by atoms with Gasteiger partial charge in [0.1, 0.15) is 11.4 Å². The number of thiophene rings is 1. The fraction of sp³-hybridized carbons (Fsp3) is 0.154. The number of nitrogens with zero attached hydrogens (tertiary/aromatic N) is 2. The van der Waals surface area contributed by atoms with Crippen LogP contribution in [0.2, 0.25) is 0 Å². The van der Waals surface area contributed by atoms with E-state index in [2.05, 4.69) is 26.3 Å². The van der Waals surface area contributed by atoms with Crippen LogP contribution < -0.4 is 21.3 Å². The van der Waals surface area contributed by atoms with E-state index in [1.165, 1.54) is 24.6 Å². The van der Waals surface area contributed by atoms with Gasteiger partial charge in [-0.1, -0.05) is 24.3 Å². The Morgan fingerprint density at radius 1 is 1.14 bits per heavy atom. The summed E-state index contributed by atoms with van der Waals surface area (Å²) >= 11 is 1.34. The molecule has 0 bridgehead atoms. The molecule has 0 aliphatic carbocycles. The summed E-state index contributed by atoms with van der Waals surface area (Å²) in [5, 5.41) is 26.0. The number of nitro groups is 1. The topological polar surface area (TPSA) is 130 Å². The van der Waals surface area contributed by atoms with E-state index >= 15 is 0 Å². The Kier molecular flexibility index (Phi) is 8.63. The number of nitrogens with one attached hydrogen (secondary N) is 4. The van der Waals surface area contributed by atoms with Crippen molar-refractivity contribution in [2.24, 2.45) is 0 Å². The van der Waals surface area contributed by atoms with Crippen LogP contribution in [0.4, 0.5) is 17.1 Å². The number of amides is 1. The first-order chi connectivity index (χ1) is 18.0. The highest BCUT2D eigenvalue weighted by Crippen LogP contribution is 2.26. The second-order valence-electron chi connectivity index (χ2n) is 7.89. The lowest BCUT2D eigenvalue weighted by atomic mass is 10.1. The molecular formula is C26H26N6O4S. The Balaban J connectivity index is 1.41. The van der Waals surface area contributed by atoms with E-state index in [4.69, 9.17) is 4.74 Å². The number of fused-ring (bicyclic) bond motifs is 1. The van der Waals surface area contributed by atoms with E-state index < -0.39 is 4.92 Å². The molecule has 2 aromatic heterocycles. The first-order valence-corrected chi connectivity index (χ1v) is 12.3. The van der Waals surface area contributed by atoms with Gasteiger partial charge in [0.2, 0.25) is 0 Å². The molecule has 0 aliphatic rings. The number of methoxy groups -OCH3 is 1. The Bertz CT molecular complexity index is 1420. The minimum Gasteiger partial charge on any atom is -0.381 e. The van der Waals surface area contributed by atoms with Crippen LogP contribution in [0.3, 0.4) is 0 Å². The fourth-order valence-electron chi connectivity index (χ4n) is 3.60. The van der Waals surface area contributed by atoms with Gasteiger partial charge in [-0.2, -0.15) is 0 Å². The number of para-hydroxylation sites is 1. The van der Waals surface area contributed by atoms with E-state index in [1.807, 2.05) is 41.8 Å². The van der Waals surface area contributed by atoms with Crippen LogP contribution in [0.1, 0.15) is 15.2 Å². The summed E-state index contributed by atoms with van der Waals surface area (Å²) in [6, 6.07) is 18.7. The molecular weight excluding hydrogens is 492 g/mol. The van der Waals surface area contributed by atoms with Crippen molar-refractivity contribution >= 4 is 45.2 Å². The van der Waals surface area contributed by atoms with Crippen molar-refractivity contribution in [3.63, 3.8) is 0 Å². The summed E-state index contributed by atoms with van der Waals surface area (Å²) in [5.74, 6) is -0.445. The first kappa shape index (κ1) is 25.6. The van der Waals surface area contributed by atoms with Crippen LogP contribution in [0.25, 0.3) is 10.9 Å². The van der Waals surface area contributed by atoms with Gasteiger partial charge in [-0.3, -0.25) is 15.1 Å². The van der Waals surface area contributed by atoms with E-state index in [9.17, 15) is 14.9 Å². The molecule has 0 fully saturated rings. The molecule has 10 nitrogen and oxygen atoms in total. The van der Waals surface area contributed by atoms with Gasteiger partial charge >= 0.3 is 5.82 Å². The minimum absolute atomic E-state index is 0.192. The molecule has 0 aliphatic heterocycles. The van der Waals surface area contributed by atoms with Crippen molar-refractivity contribution in [1.29, 1.82) is 0 Å². The number of anilines is 3. The van der Waals surface area contributed by atoms with Crippen molar-refractivity contribution in [2.75, 3.05) is 36.2 Å². The SMILES string of the molecule is COCCNC(=CNc1cccc(NC(=O)c2sccc2NCc2ccnc3ccccc23)c1)[N+](=O)[O-].